The van der Waals surface area contributed by atoms with Gasteiger partial charge in [0.1, 0.15) is 5.76 Å². The van der Waals surface area contributed by atoms with Crippen molar-refractivity contribution in [3.63, 3.8) is 0 Å². The monoisotopic (exact) mass is 377 g/mol. The van der Waals surface area contributed by atoms with Crippen LogP contribution in [0.1, 0.15) is 23.0 Å². The summed E-state index contributed by atoms with van der Waals surface area (Å²) in [6.45, 7) is 1.89. The molecule has 0 aliphatic carbocycles. The molecule has 0 atom stereocenters. The number of nitrogens with one attached hydrogen (secondary N) is 1. The lowest BCUT2D eigenvalue weighted by molar-refractivity contribution is 0.0663. The van der Waals surface area contributed by atoms with Crippen molar-refractivity contribution in [2.75, 3.05) is 5.43 Å². The average Bonchev–Trinajstić information content (AvgIpc) is 3.33. The van der Waals surface area contributed by atoms with Crippen molar-refractivity contribution in [2.45, 2.75) is 6.92 Å². The number of para-hydroxylation sites is 1. The van der Waals surface area contributed by atoms with Gasteiger partial charge in [-0.1, -0.05) is 41.7 Å². The van der Waals surface area contributed by atoms with E-state index in [1.54, 1.807) is 17.4 Å². The minimum Gasteiger partial charge on any atom is -0.475 e. The quantitative estimate of drug-likeness (QED) is 0.374. The second-order valence-electron chi connectivity index (χ2n) is 5.85. The number of rotatable bonds is 5. The Kier molecular flexibility index (Phi) is 4.43. The fourth-order valence-electron chi connectivity index (χ4n) is 2.62. The van der Waals surface area contributed by atoms with Crippen molar-refractivity contribution in [2.24, 2.45) is 5.10 Å². The molecule has 2 N–H and O–H groups in total. The van der Waals surface area contributed by atoms with Gasteiger partial charge in [0, 0.05) is 5.56 Å². The minimum atomic E-state index is -1.09. The summed E-state index contributed by atoms with van der Waals surface area (Å²) in [4.78, 5) is 15.5. The number of aromatic carboxylic acids is 1. The highest BCUT2D eigenvalue weighted by molar-refractivity contribution is 7.22. The topological polar surface area (TPSA) is 87.7 Å². The van der Waals surface area contributed by atoms with E-state index in [1.165, 1.54) is 6.07 Å². The Bertz CT molecular complexity index is 1130. The summed E-state index contributed by atoms with van der Waals surface area (Å²) in [5.41, 5.74) is 6.40. The number of carboxylic acids is 1. The van der Waals surface area contributed by atoms with E-state index in [0.717, 1.165) is 32.2 Å². The SMILES string of the molecule is CC(=NNc1nc2ccccc2s1)c1cccc(-c2ccc(C(=O)O)o2)c1. The summed E-state index contributed by atoms with van der Waals surface area (Å²) in [6, 6.07) is 18.6. The van der Waals surface area contributed by atoms with Crippen LogP contribution < -0.4 is 5.43 Å². The van der Waals surface area contributed by atoms with Gasteiger partial charge in [-0.05, 0) is 42.8 Å². The van der Waals surface area contributed by atoms with E-state index in [1.807, 2.05) is 55.5 Å². The molecule has 6 nitrogen and oxygen atoms in total. The van der Waals surface area contributed by atoms with Crippen LogP contribution in [0.4, 0.5) is 5.13 Å². The number of hydrazone groups is 1. The Morgan fingerprint density at radius 2 is 2.00 bits per heavy atom. The molecule has 2 heterocycles. The number of nitrogens with zero attached hydrogens (tertiary/aromatic N) is 2. The number of anilines is 1. The standard InChI is InChI=1S/C20H15N3O3S/c1-12(22-23-20-21-15-7-2-3-8-18(15)27-20)13-5-4-6-14(11-13)16-9-10-17(26-16)19(24)25/h2-11H,1H3,(H,21,23)(H,24,25). The molecule has 2 aromatic heterocycles. The van der Waals surface area contributed by atoms with Crippen molar-refractivity contribution < 1.29 is 14.3 Å². The maximum Gasteiger partial charge on any atom is 0.371 e. The molecule has 0 aliphatic rings. The van der Waals surface area contributed by atoms with E-state index in [-0.39, 0.29) is 5.76 Å². The molecule has 0 radical (unpaired) electrons. The number of carbonyl (C=O) groups is 1. The molecule has 0 unspecified atom stereocenters. The first-order valence-corrected chi connectivity index (χ1v) is 9.01. The van der Waals surface area contributed by atoms with Crippen molar-refractivity contribution in [1.29, 1.82) is 0 Å². The lowest BCUT2D eigenvalue weighted by Gasteiger charge is -2.04. The third-order valence-corrected chi connectivity index (χ3v) is 4.94. The van der Waals surface area contributed by atoms with Crippen molar-refractivity contribution >= 4 is 38.4 Å². The van der Waals surface area contributed by atoms with Crippen LogP contribution in [-0.4, -0.2) is 21.8 Å². The fraction of sp³-hybridized carbons (Fsp3) is 0.0500. The minimum absolute atomic E-state index is 0.0849. The second-order valence-corrected chi connectivity index (χ2v) is 6.88. The molecular formula is C20H15N3O3S. The van der Waals surface area contributed by atoms with Crippen LogP contribution in [0.25, 0.3) is 21.5 Å². The summed E-state index contributed by atoms with van der Waals surface area (Å²) in [6.07, 6.45) is 0. The van der Waals surface area contributed by atoms with Crippen LogP contribution in [-0.2, 0) is 0 Å². The molecule has 27 heavy (non-hydrogen) atoms. The molecular weight excluding hydrogens is 362 g/mol. The Hall–Kier alpha value is -3.45. The van der Waals surface area contributed by atoms with Crippen LogP contribution in [0, 0.1) is 0 Å². The Balaban J connectivity index is 1.56. The van der Waals surface area contributed by atoms with Gasteiger partial charge >= 0.3 is 5.97 Å². The zero-order valence-electron chi connectivity index (χ0n) is 14.3. The molecule has 4 aromatic rings. The maximum absolute atomic E-state index is 11.0. The zero-order chi connectivity index (χ0) is 18.8. The van der Waals surface area contributed by atoms with Crippen LogP contribution in [0.2, 0.25) is 0 Å². The lowest BCUT2D eigenvalue weighted by Crippen LogP contribution is -1.99. The molecule has 0 aliphatic heterocycles. The molecule has 0 saturated carbocycles. The number of benzene rings is 2. The Morgan fingerprint density at radius 3 is 2.78 bits per heavy atom. The van der Waals surface area contributed by atoms with Crippen LogP contribution >= 0.6 is 11.3 Å². The molecule has 4 rings (SSSR count). The largest absolute Gasteiger partial charge is 0.475 e. The first kappa shape index (κ1) is 17.0. The van der Waals surface area contributed by atoms with Gasteiger partial charge in [0.15, 0.2) is 0 Å². The number of thiazole rings is 1. The predicted molar refractivity (Wildman–Crippen MR) is 107 cm³/mol. The number of furan rings is 1. The molecule has 134 valence electrons. The van der Waals surface area contributed by atoms with Gasteiger partial charge in [-0.2, -0.15) is 5.10 Å². The molecule has 0 bridgehead atoms. The van der Waals surface area contributed by atoms with Gasteiger partial charge in [-0.3, -0.25) is 5.43 Å². The summed E-state index contributed by atoms with van der Waals surface area (Å²) in [5.74, 6) is -0.672. The summed E-state index contributed by atoms with van der Waals surface area (Å²) >= 11 is 1.54. The van der Waals surface area contributed by atoms with E-state index < -0.39 is 5.97 Å². The number of aromatic nitrogens is 1. The van der Waals surface area contributed by atoms with Crippen molar-refractivity contribution in [3.05, 3.63) is 72.0 Å². The lowest BCUT2D eigenvalue weighted by atomic mass is 10.1. The maximum atomic E-state index is 11.0. The normalized spacial score (nSPS) is 11.7. The van der Waals surface area contributed by atoms with Gasteiger partial charge in [0.25, 0.3) is 0 Å². The van der Waals surface area contributed by atoms with E-state index in [4.69, 9.17) is 9.52 Å². The molecule has 0 fully saturated rings. The van der Waals surface area contributed by atoms with E-state index in [2.05, 4.69) is 15.5 Å². The van der Waals surface area contributed by atoms with Crippen molar-refractivity contribution in [1.82, 2.24) is 4.98 Å². The first-order chi connectivity index (χ1) is 13.1. The molecule has 7 heteroatoms. The molecule has 2 aromatic carbocycles. The number of hydrogen-bond donors (Lipinski definition) is 2. The Morgan fingerprint density at radius 1 is 1.15 bits per heavy atom. The highest BCUT2D eigenvalue weighted by Gasteiger charge is 2.11. The number of hydrogen-bond acceptors (Lipinski definition) is 6. The van der Waals surface area contributed by atoms with Gasteiger partial charge in [0.05, 0.1) is 15.9 Å². The van der Waals surface area contributed by atoms with Crippen molar-refractivity contribution in [3.8, 4) is 11.3 Å². The van der Waals surface area contributed by atoms with Crippen LogP contribution in [0.3, 0.4) is 0 Å². The third-order valence-electron chi connectivity index (χ3n) is 3.99. The zero-order valence-corrected chi connectivity index (χ0v) is 15.2. The van der Waals surface area contributed by atoms with Gasteiger partial charge in [-0.25, -0.2) is 9.78 Å². The predicted octanol–water partition coefficient (Wildman–Crippen LogP) is 5.09. The summed E-state index contributed by atoms with van der Waals surface area (Å²) in [5, 5.41) is 14.1. The van der Waals surface area contributed by atoms with Gasteiger partial charge < -0.3 is 9.52 Å². The summed E-state index contributed by atoms with van der Waals surface area (Å²) < 4.78 is 6.46. The highest BCUT2D eigenvalue weighted by Crippen LogP contribution is 2.26. The first-order valence-electron chi connectivity index (χ1n) is 8.20. The summed E-state index contributed by atoms with van der Waals surface area (Å²) in [7, 11) is 0. The molecule has 0 spiro atoms. The second kappa shape index (κ2) is 7.05. The highest BCUT2D eigenvalue weighted by atomic mass is 32.1. The average molecular weight is 377 g/mol. The third kappa shape index (κ3) is 3.58. The van der Waals surface area contributed by atoms with E-state index >= 15 is 0 Å². The number of fused-ring (bicyclic) bond motifs is 1. The van der Waals surface area contributed by atoms with Gasteiger partial charge in [0.2, 0.25) is 10.9 Å². The van der Waals surface area contributed by atoms with Crippen LogP contribution in [0.5, 0.6) is 0 Å². The molecule has 0 amide bonds. The van der Waals surface area contributed by atoms with E-state index in [0.29, 0.717) is 5.76 Å². The smallest absolute Gasteiger partial charge is 0.371 e. The molecule has 0 saturated heterocycles. The Labute approximate surface area is 158 Å². The number of carboxylic acid groups (broad SMARTS) is 1. The fourth-order valence-corrected chi connectivity index (χ4v) is 3.43. The van der Waals surface area contributed by atoms with Crippen LogP contribution in [0.15, 0.2) is 70.2 Å². The van der Waals surface area contributed by atoms with Gasteiger partial charge in [-0.15, -0.1) is 0 Å². The van der Waals surface area contributed by atoms with E-state index in [9.17, 15) is 4.79 Å².